The molecule has 0 aromatic heterocycles. The van der Waals surface area contributed by atoms with Crippen LogP contribution in [0.1, 0.15) is 5.56 Å². The molecule has 1 aliphatic heterocycles. The molecule has 0 aliphatic carbocycles. The van der Waals surface area contributed by atoms with Crippen LogP contribution in [-0.2, 0) is 6.42 Å². The maximum atomic E-state index is 12.7. The quantitative estimate of drug-likeness (QED) is 0.679. The van der Waals surface area contributed by atoms with Crippen LogP contribution >= 0.6 is 0 Å². The molecule has 0 fully saturated rings. The maximum absolute atomic E-state index is 12.7. The lowest BCUT2D eigenvalue weighted by Gasteiger charge is -2.03. The van der Waals surface area contributed by atoms with E-state index in [9.17, 15) is 8.78 Å². The zero-order valence-corrected chi connectivity index (χ0v) is 6.48. The number of nitrogens with one attached hydrogen (secondary N) is 1. The zero-order valence-electron chi connectivity index (χ0n) is 6.48. The van der Waals surface area contributed by atoms with Crippen molar-refractivity contribution in [3.05, 3.63) is 29.6 Å². The van der Waals surface area contributed by atoms with Gasteiger partial charge in [0.25, 0.3) is 0 Å². The van der Waals surface area contributed by atoms with Crippen LogP contribution in [0.3, 0.4) is 0 Å². The van der Waals surface area contributed by atoms with Crippen molar-refractivity contribution in [3.63, 3.8) is 0 Å². The smallest absolute Gasteiger partial charge is 0.123 e. The number of anilines is 1. The first-order chi connectivity index (χ1) is 5.79. The molecule has 3 heteroatoms. The van der Waals surface area contributed by atoms with Gasteiger partial charge < -0.3 is 5.32 Å². The second kappa shape index (κ2) is 2.73. The van der Waals surface area contributed by atoms with E-state index in [4.69, 9.17) is 0 Å². The second-order valence-corrected chi connectivity index (χ2v) is 3.00. The first kappa shape index (κ1) is 7.53. The number of hydrogen-bond acceptors (Lipinski definition) is 1. The molecular formula is C9H9F2N. The Morgan fingerprint density at radius 3 is 3.08 bits per heavy atom. The van der Waals surface area contributed by atoms with E-state index >= 15 is 0 Å². The molecule has 0 radical (unpaired) electrons. The fourth-order valence-electron chi connectivity index (χ4n) is 1.50. The predicted octanol–water partition coefficient (Wildman–Crippen LogP) is 2.13. The van der Waals surface area contributed by atoms with Crippen LogP contribution in [0.25, 0.3) is 0 Å². The van der Waals surface area contributed by atoms with Gasteiger partial charge in [0, 0.05) is 5.69 Å². The molecule has 1 heterocycles. The van der Waals surface area contributed by atoms with Crippen LogP contribution < -0.4 is 5.32 Å². The van der Waals surface area contributed by atoms with Gasteiger partial charge in [-0.15, -0.1) is 0 Å². The molecule has 0 spiro atoms. The van der Waals surface area contributed by atoms with Gasteiger partial charge in [-0.25, -0.2) is 8.78 Å². The van der Waals surface area contributed by atoms with Crippen molar-refractivity contribution in [1.82, 2.24) is 0 Å². The van der Waals surface area contributed by atoms with Crippen molar-refractivity contribution in [2.24, 2.45) is 0 Å². The minimum Gasteiger partial charge on any atom is -0.379 e. The Hall–Kier alpha value is -1.12. The molecule has 0 bridgehead atoms. The van der Waals surface area contributed by atoms with Crippen LogP contribution in [0.4, 0.5) is 14.5 Å². The zero-order chi connectivity index (χ0) is 8.55. The molecule has 2 rings (SSSR count). The molecule has 1 nitrogen and oxygen atoms in total. The highest BCUT2D eigenvalue weighted by atomic mass is 19.1. The average Bonchev–Trinajstić information content (AvgIpc) is 2.46. The van der Waals surface area contributed by atoms with E-state index in [0.29, 0.717) is 6.42 Å². The Bertz CT molecular complexity index is 299. The molecular weight excluding hydrogens is 160 g/mol. The number of rotatable bonds is 1. The van der Waals surface area contributed by atoms with Crippen molar-refractivity contribution in [2.45, 2.75) is 12.5 Å². The Balaban J connectivity index is 2.30. The van der Waals surface area contributed by atoms with Crippen LogP contribution in [0.15, 0.2) is 18.2 Å². The third-order valence-electron chi connectivity index (χ3n) is 2.08. The van der Waals surface area contributed by atoms with Gasteiger partial charge >= 0.3 is 0 Å². The lowest BCUT2D eigenvalue weighted by atomic mass is 10.1. The van der Waals surface area contributed by atoms with Crippen LogP contribution in [0, 0.1) is 5.82 Å². The summed E-state index contributed by atoms with van der Waals surface area (Å²) in [6.45, 7) is -0.406. The number of hydrogen-bond donors (Lipinski definition) is 1. The molecule has 0 saturated carbocycles. The molecule has 0 amide bonds. The minimum atomic E-state index is -0.406. The van der Waals surface area contributed by atoms with E-state index < -0.39 is 6.67 Å². The van der Waals surface area contributed by atoms with Crippen LogP contribution in [0.5, 0.6) is 0 Å². The van der Waals surface area contributed by atoms with Crippen molar-refractivity contribution in [3.8, 4) is 0 Å². The third kappa shape index (κ3) is 1.15. The van der Waals surface area contributed by atoms with Crippen LogP contribution in [0.2, 0.25) is 0 Å². The van der Waals surface area contributed by atoms with Crippen LogP contribution in [-0.4, -0.2) is 12.7 Å². The van der Waals surface area contributed by atoms with Crippen molar-refractivity contribution in [1.29, 1.82) is 0 Å². The highest BCUT2D eigenvalue weighted by molar-refractivity contribution is 5.56. The van der Waals surface area contributed by atoms with Gasteiger partial charge in [0.2, 0.25) is 0 Å². The fourth-order valence-corrected chi connectivity index (χ4v) is 1.50. The van der Waals surface area contributed by atoms with Gasteiger partial charge in [-0.05, 0) is 30.2 Å². The van der Waals surface area contributed by atoms with Gasteiger partial charge in [-0.2, -0.15) is 0 Å². The standard InChI is InChI=1S/C9H9F2N/c10-5-8-4-6-3-7(11)1-2-9(6)12-8/h1-3,8,12H,4-5H2. The SMILES string of the molecule is FCC1Cc2cc(F)ccc2N1. The van der Waals surface area contributed by atoms with Gasteiger partial charge in [-0.1, -0.05) is 0 Å². The second-order valence-electron chi connectivity index (χ2n) is 3.00. The monoisotopic (exact) mass is 169 g/mol. The Morgan fingerprint density at radius 2 is 2.33 bits per heavy atom. The molecule has 1 atom stereocenters. The lowest BCUT2D eigenvalue weighted by Crippen LogP contribution is -2.16. The van der Waals surface area contributed by atoms with Gasteiger partial charge in [0.15, 0.2) is 0 Å². The molecule has 1 aliphatic rings. The highest BCUT2D eigenvalue weighted by Crippen LogP contribution is 2.26. The minimum absolute atomic E-state index is 0.165. The first-order valence-corrected chi connectivity index (χ1v) is 3.90. The topological polar surface area (TPSA) is 12.0 Å². The van der Waals surface area contributed by atoms with E-state index in [1.807, 2.05) is 0 Å². The number of halogens is 2. The van der Waals surface area contributed by atoms with E-state index in [-0.39, 0.29) is 11.9 Å². The summed E-state index contributed by atoms with van der Waals surface area (Å²) in [7, 11) is 0. The maximum Gasteiger partial charge on any atom is 0.123 e. The molecule has 64 valence electrons. The predicted molar refractivity (Wildman–Crippen MR) is 43.5 cm³/mol. The summed E-state index contributed by atoms with van der Waals surface area (Å²) < 4.78 is 24.9. The molecule has 12 heavy (non-hydrogen) atoms. The average molecular weight is 169 g/mol. The molecule has 1 unspecified atom stereocenters. The molecule has 1 aromatic carbocycles. The lowest BCUT2D eigenvalue weighted by molar-refractivity contribution is 0.450. The number of alkyl halides is 1. The van der Waals surface area contributed by atoms with E-state index in [0.717, 1.165) is 11.3 Å². The summed E-state index contributed by atoms with van der Waals surface area (Å²) in [6.07, 6.45) is 0.587. The summed E-state index contributed by atoms with van der Waals surface area (Å²) >= 11 is 0. The first-order valence-electron chi connectivity index (χ1n) is 3.90. The molecule has 1 aromatic rings. The van der Waals surface area contributed by atoms with Crippen molar-refractivity contribution < 1.29 is 8.78 Å². The van der Waals surface area contributed by atoms with E-state index in [1.165, 1.54) is 12.1 Å². The Kier molecular flexibility index (Phi) is 1.71. The molecule has 0 saturated heterocycles. The Labute approximate surface area is 69.4 Å². The van der Waals surface area contributed by atoms with Gasteiger partial charge in [0.05, 0.1) is 6.04 Å². The fraction of sp³-hybridized carbons (Fsp3) is 0.333. The third-order valence-corrected chi connectivity index (χ3v) is 2.08. The normalized spacial score (nSPS) is 20.3. The Morgan fingerprint density at radius 1 is 1.50 bits per heavy atom. The van der Waals surface area contributed by atoms with E-state index in [2.05, 4.69) is 5.32 Å². The van der Waals surface area contributed by atoms with E-state index in [1.54, 1.807) is 6.07 Å². The van der Waals surface area contributed by atoms with Gasteiger partial charge in [-0.3, -0.25) is 0 Å². The summed E-state index contributed by atoms with van der Waals surface area (Å²) in [6, 6.07) is 4.33. The largest absolute Gasteiger partial charge is 0.379 e. The van der Waals surface area contributed by atoms with Crippen molar-refractivity contribution in [2.75, 3.05) is 12.0 Å². The summed E-state index contributed by atoms with van der Waals surface area (Å²) in [5.41, 5.74) is 1.73. The summed E-state index contributed by atoms with van der Waals surface area (Å²) in [5, 5.41) is 2.97. The highest BCUT2D eigenvalue weighted by Gasteiger charge is 2.20. The summed E-state index contributed by atoms with van der Waals surface area (Å²) in [5.74, 6) is -0.255. The molecule has 1 N–H and O–H groups in total. The summed E-state index contributed by atoms with van der Waals surface area (Å²) in [4.78, 5) is 0. The van der Waals surface area contributed by atoms with Gasteiger partial charge in [0.1, 0.15) is 12.5 Å². The number of benzene rings is 1. The van der Waals surface area contributed by atoms with Crippen molar-refractivity contribution >= 4 is 5.69 Å². The number of fused-ring (bicyclic) bond motifs is 1.